The normalized spacial score (nSPS) is 19.2. The number of aliphatic carboxylic acids is 1. The van der Waals surface area contributed by atoms with Crippen molar-refractivity contribution in [2.75, 3.05) is 7.05 Å². The third-order valence-corrected chi connectivity index (χ3v) is 7.54. The average Bonchev–Trinajstić information content (AvgIpc) is 2.68. The molecule has 3 nitrogen and oxygen atoms in total. The van der Waals surface area contributed by atoms with E-state index in [1.807, 2.05) is 0 Å². The van der Waals surface area contributed by atoms with Crippen LogP contribution < -0.4 is 0 Å². The predicted molar refractivity (Wildman–Crippen MR) is 135 cm³/mol. The summed E-state index contributed by atoms with van der Waals surface area (Å²) in [6, 6.07) is 0. The monoisotopic (exact) mass is 435 g/mol. The molecular weight excluding hydrogens is 382 g/mol. The lowest BCUT2D eigenvalue weighted by Crippen LogP contribution is -2.55. The summed E-state index contributed by atoms with van der Waals surface area (Å²) in [7, 11) is 2.15. The van der Waals surface area contributed by atoms with Gasteiger partial charge in [-0.05, 0) is 47.6 Å². The number of carboxylic acids is 1. The first-order valence-corrected chi connectivity index (χ1v) is 13.3. The highest BCUT2D eigenvalue weighted by atomic mass is 16.4. The van der Waals surface area contributed by atoms with E-state index in [1.165, 1.54) is 83.5 Å². The van der Waals surface area contributed by atoms with E-state index < -0.39 is 5.97 Å². The van der Waals surface area contributed by atoms with Crippen molar-refractivity contribution in [2.45, 2.75) is 148 Å². The maximum absolute atomic E-state index is 12.0. The van der Waals surface area contributed by atoms with Crippen LogP contribution in [-0.2, 0) is 4.79 Å². The SMILES string of the molecule is CCCCCCCCCCCCCCCCC(C(=O)O)C1=CC(C)(C)N(C)C(C)(C)C1. The molecular formula is C28H53NO2. The molecule has 0 amide bonds. The molecule has 0 saturated heterocycles. The summed E-state index contributed by atoms with van der Waals surface area (Å²) in [5.41, 5.74) is 1.03. The highest BCUT2D eigenvalue weighted by Crippen LogP contribution is 2.39. The van der Waals surface area contributed by atoms with Crippen molar-refractivity contribution in [3.05, 3.63) is 11.6 Å². The van der Waals surface area contributed by atoms with Gasteiger partial charge < -0.3 is 5.11 Å². The van der Waals surface area contributed by atoms with E-state index in [0.29, 0.717) is 0 Å². The van der Waals surface area contributed by atoms with E-state index in [4.69, 9.17) is 0 Å². The number of nitrogens with zero attached hydrogens (tertiary/aromatic N) is 1. The number of unbranched alkanes of at least 4 members (excludes halogenated alkanes) is 13. The van der Waals surface area contributed by atoms with Gasteiger partial charge in [-0.25, -0.2) is 0 Å². The first-order chi connectivity index (χ1) is 14.6. The second kappa shape index (κ2) is 14.3. The van der Waals surface area contributed by atoms with Crippen LogP contribution in [0.3, 0.4) is 0 Å². The molecule has 0 fully saturated rings. The molecule has 1 heterocycles. The van der Waals surface area contributed by atoms with Gasteiger partial charge in [0, 0.05) is 11.1 Å². The van der Waals surface area contributed by atoms with Crippen LogP contribution in [0.5, 0.6) is 0 Å². The summed E-state index contributed by atoms with van der Waals surface area (Å²) < 4.78 is 0. The molecule has 0 aromatic rings. The standard InChI is InChI=1S/C28H53NO2/c1-7-8-9-10-11-12-13-14-15-16-17-18-19-20-21-25(26(30)31)24-22-27(2,3)29(6)28(4,5)23-24/h22,25H,7-21,23H2,1-6H3,(H,30,31). The summed E-state index contributed by atoms with van der Waals surface area (Å²) in [6.45, 7) is 11.1. The van der Waals surface area contributed by atoms with Gasteiger partial charge in [-0.2, -0.15) is 0 Å². The molecule has 0 spiro atoms. The highest BCUT2D eigenvalue weighted by Gasteiger charge is 2.41. The number of carbonyl (C=O) groups is 1. The van der Waals surface area contributed by atoms with Crippen LogP contribution in [0.2, 0.25) is 0 Å². The molecule has 3 heteroatoms. The molecule has 0 radical (unpaired) electrons. The van der Waals surface area contributed by atoms with Gasteiger partial charge in [-0.1, -0.05) is 108 Å². The molecule has 182 valence electrons. The van der Waals surface area contributed by atoms with E-state index in [0.717, 1.165) is 24.8 Å². The molecule has 1 rings (SSSR count). The minimum absolute atomic E-state index is 0.00318. The first-order valence-electron chi connectivity index (χ1n) is 13.3. The fourth-order valence-electron chi connectivity index (χ4n) is 5.23. The molecule has 1 aliphatic rings. The highest BCUT2D eigenvalue weighted by molar-refractivity contribution is 5.73. The van der Waals surface area contributed by atoms with Gasteiger partial charge in [-0.3, -0.25) is 9.69 Å². The number of likely N-dealkylation sites (N-methyl/N-ethyl adjacent to an activating group) is 1. The van der Waals surface area contributed by atoms with Gasteiger partial charge in [0.2, 0.25) is 0 Å². The van der Waals surface area contributed by atoms with Crippen LogP contribution >= 0.6 is 0 Å². The summed E-state index contributed by atoms with van der Waals surface area (Å²) in [6.07, 6.45) is 22.6. The quantitative estimate of drug-likeness (QED) is 0.184. The summed E-state index contributed by atoms with van der Waals surface area (Å²) >= 11 is 0. The molecule has 0 saturated carbocycles. The minimum Gasteiger partial charge on any atom is -0.481 e. The molecule has 0 aliphatic carbocycles. The largest absolute Gasteiger partial charge is 0.481 e. The maximum atomic E-state index is 12.0. The second-order valence-corrected chi connectivity index (χ2v) is 11.2. The van der Waals surface area contributed by atoms with Gasteiger partial charge in [0.1, 0.15) is 0 Å². The zero-order valence-corrected chi connectivity index (χ0v) is 21.8. The van der Waals surface area contributed by atoms with Crippen molar-refractivity contribution in [3.63, 3.8) is 0 Å². The zero-order chi connectivity index (χ0) is 23.3. The van der Waals surface area contributed by atoms with Gasteiger partial charge in [0.15, 0.2) is 0 Å². The van der Waals surface area contributed by atoms with Crippen molar-refractivity contribution < 1.29 is 9.90 Å². The van der Waals surface area contributed by atoms with Gasteiger partial charge in [-0.15, -0.1) is 0 Å². The van der Waals surface area contributed by atoms with E-state index in [2.05, 4.69) is 52.6 Å². The molecule has 1 aliphatic heterocycles. The Hall–Kier alpha value is -0.830. The summed E-state index contributed by atoms with van der Waals surface area (Å²) in [4.78, 5) is 14.4. The van der Waals surface area contributed by atoms with E-state index in [1.54, 1.807) is 0 Å². The van der Waals surface area contributed by atoms with Crippen molar-refractivity contribution in [2.24, 2.45) is 5.92 Å². The molecule has 0 bridgehead atoms. The number of hydrogen-bond acceptors (Lipinski definition) is 2. The smallest absolute Gasteiger partial charge is 0.310 e. The Balaban J connectivity index is 2.20. The zero-order valence-electron chi connectivity index (χ0n) is 21.8. The molecule has 31 heavy (non-hydrogen) atoms. The third-order valence-electron chi connectivity index (χ3n) is 7.54. The number of carboxylic acid groups (broad SMARTS) is 1. The second-order valence-electron chi connectivity index (χ2n) is 11.2. The Labute approximate surface area is 194 Å². The number of hydrogen-bond donors (Lipinski definition) is 1. The van der Waals surface area contributed by atoms with Gasteiger partial charge >= 0.3 is 5.97 Å². The molecule has 1 unspecified atom stereocenters. The predicted octanol–water partition coefficient (Wildman–Crippen LogP) is 8.38. The Morgan fingerprint density at radius 2 is 1.29 bits per heavy atom. The lowest BCUT2D eigenvalue weighted by molar-refractivity contribution is -0.140. The summed E-state index contributed by atoms with van der Waals surface area (Å²) in [5.74, 6) is -0.957. The topological polar surface area (TPSA) is 40.5 Å². The van der Waals surface area contributed by atoms with Crippen molar-refractivity contribution in [1.82, 2.24) is 4.90 Å². The van der Waals surface area contributed by atoms with Crippen LogP contribution in [-0.4, -0.2) is 34.1 Å². The van der Waals surface area contributed by atoms with Crippen molar-refractivity contribution >= 4 is 5.97 Å². The maximum Gasteiger partial charge on any atom is 0.310 e. The van der Waals surface area contributed by atoms with Crippen LogP contribution in [0.15, 0.2) is 11.6 Å². The lowest BCUT2D eigenvalue weighted by Gasteiger charge is -2.50. The van der Waals surface area contributed by atoms with Crippen LogP contribution in [0.4, 0.5) is 0 Å². The fourth-order valence-corrected chi connectivity index (χ4v) is 5.23. The fraction of sp³-hybridized carbons (Fsp3) is 0.893. The van der Waals surface area contributed by atoms with Crippen LogP contribution in [0.25, 0.3) is 0 Å². The van der Waals surface area contributed by atoms with Gasteiger partial charge in [0.25, 0.3) is 0 Å². The van der Waals surface area contributed by atoms with E-state index in [9.17, 15) is 9.90 Å². The van der Waals surface area contributed by atoms with E-state index in [-0.39, 0.29) is 17.0 Å². The molecule has 0 aromatic heterocycles. The van der Waals surface area contributed by atoms with E-state index >= 15 is 0 Å². The Morgan fingerprint density at radius 1 is 0.871 bits per heavy atom. The molecule has 0 aromatic carbocycles. The van der Waals surface area contributed by atoms with Crippen molar-refractivity contribution in [1.29, 1.82) is 0 Å². The minimum atomic E-state index is -0.642. The average molecular weight is 436 g/mol. The lowest BCUT2D eigenvalue weighted by atomic mass is 9.76. The summed E-state index contributed by atoms with van der Waals surface area (Å²) in [5, 5.41) is 9.88. The molecule has 1 atom stereocenters. The van der Waals surface area contributed by atoms with Gasteiger partial charge in [0.05, 0.1) is 5.92 Å². The van der Waals surface area contributed by atoms with Crippen LogP contribution in [0, 0.1) is 5.92 Å². The Bertz CT molecular complexity index is 535. The Kier molecular flexibility index (Phi) is 13.1. The number of rotatable bonds is 17. The molecule has 1 N–H and O–H groups in total. The van der Waals surface area contributed by atoms with Crippen LogP contribution in [0.1, 0.15) is 137 Å². The van der Waals surface area contributed by atoms with Crippen molar-refractivity contribution in [3.8, 4) is 0 Å². The Morgan fingerprint density at radius 3 is 1.68 bits per heavy atom. The first kappa shape index (κ1) is 28.2. The third kappa shape index (κ3) is 10.6.